The van der Waals surface area contributed by atoms with Crippen molar-refractivity contribution in [2.45, 2.75) is 58.2 Å². The summed E-state index contributed by atoms with van der Waals surface area (Å²) in [5.41, 5.74) is -1.74. The summed E-state index contributed by atoms with van der Waals surface area (Å²) in [5.74, 6) is -1.47. The summed E-state index contributed by atoms with van der Waals surface area (Å²) in [6, 6.07) is 0. The molecule has 0 saturated heterocycles. The number of carbonyl (C=O) groups excluding carboxylic acids is 4. The number of Topliss-reactive ketones (excluding diaryl/α,β-unsaturated/α-hetero) is 1. The number of methoxy groups -OCH3 is 1. The van der Waals surface area contributed by atoms with Gasteiger partial charge < -0.3 is 19.3 Å². The standard InChI is InChI=1S/C28H38O8S/c1-16-10-18-19-7-9-28(36-24(33)15-37-5,22(31)13-35-23(32)14-34-4)27(19,3)12-21(30)25(18)26(2)8-6-17(29)11-20(16)26/h6,8,11,16,18-19,21,25,30H,7,9-10,12-15H2,1-5H3/t16-,18-,19-,21-,25+,26-,27-,28-/m0/s1. The first-order valence-electron chi connectivity index (χ1n) is 13.0. The fourth-order valence-corrected chi connectivity index (χ4v) is 8.48. The molecule has 0 aromatic heterocycles. The lowest BCUT2D eigenvalue weighted by Crippen LogP contribution is -2.63. The van der Waals surface area contributed by atoms with Crippen LogP contribution in [0.4, 0.5) is 0 Å². The van der Waals surface area contributed by atoms with Crippen molar-refractivity contribution in [1.29, 1.82) is 0 Å². The highest BCUT2D eigenvalue weighted by Crippen LogP contribution is 2.68. The molecule has 8 atom stereocenters. The minimum Gasteiger partial charge on any atom is -0.456 e. The fourth-order valence-electron chi connectivity index (χ4n) is 8.18. The van der Waals surface area contributed by atoms with Gasteiger partial charge in [0, 0.05) is 23.9 Å². The smallest absolute Gasteiger partial charge is 0.332 e. The van der Waals surface area contributed by atoms with Crippen LogP contribution in [0.3, 0.4) is 0 Å². The second kappa shape index (κ2) is 10.3. The highest BCUT2D eigenvalue weighted by molar-refractivity contribution is 7.99. The second-order valence-electron chi connectivity index (χ2n) is 11.5. The van der Waals surface area contributed by atoms with Crippen molar-refractivity contribution < 1.29 is 38.5 Å². The van der Waals surface area contributed by atoms with E-state index in [1.54, 1.807) is 18.4 Å². The van der Waals surface area contributed by atoms with Crippen LogP contribution in [0.25, 0.3) is 0 Å². The van der Waals surface area contributed by atoms with E-state index >= 15 is 0 Å². The van der Waals surface area contributed by atoms with E-state index in [0.717, 1.165) is 12.0 Å². The lowest BCUT2D eigenvalue weighted by atomic mass is 9.44. The van der Waals surface area contributed by atoms with Gasteiger partial charge in [-0.3, -0.25) is 14.4 Å². The molecule has 0 amide bonds. The van der Waals surface area contributed by atoms with Gasteiger partial charge in [0.15, 0.2) is 18.0 Å². The van der Waals surface area contributed by atoms with Crippen molar-refractivity contribution in [2.75, 3.05) is 32.3 Å². The molecule has 0 spiro atoms. The zero-order chi connectivity index (χ0) is 27.2. The van der Waals surface area contributed by atoms with Gasteiger partial charge in [-0.1, -0.05) is 32.4 Å². The SMILES string of the molecule is COCC(=O)OCC(=O)[C@@]1(OC(=O)CSC)CC[C@H]2[C@@H]3C[C@H](C)C4=CC(=O)C=C[C@]4(C)[C@H]3[C@@H](O)C[C@@]21C. The van der Waals surface area contributed by atoms with Crippen molar-refractivity contribution in [2.24, 2.45) is 34.5 Å². The number of thioether (sulfide) groups is 1. The van der Waals surface area contributed by atoms with Gasteiger partial charge in [0.05, 0.1) is 11.9 Å². The van der Waals surface area contributed by atoms with Crippen LogP contribution >= 0.6 is 11.8 Å². The summed E-state index contributed by atoms with van der Waals surface area (Å²) in [4.78, 5) is 50.7. The van der Waals surface area contributed by atoms with E-state index in [1.165, 1.54) is 18.9 Å². The van der Waals surface area contributed by atoms with Crippen LogP contribution in [0, 0.1) is 34.5 Å². The van der Waals surface area contributed by atoms with E-state index in [-0.39, 0.29) is 48.2 Å². The Balaban J connectivity index is 1.71. The largest absolute Gasteiger partial charge is 0.456 e. The normalized spacial score (nSPS) is 40.2. The molecule has 4 aliphatic carbocycles. The Kier molecular flexibility index (Phi) is 7.81. The number of aliphatic hydroxyl groups excluding tert-OH is 1. The molecule has 8 nitrogen and oxygen atoms in total. The molecule has 204 valence electrons. The highest BCUT2D eigenvalue weighted by Gasteiger charge is 2.70. The molecule has 0 aromatic carbocycles. The van der Waals surface area contributed by atoms with Crippen molar-refractivity contribution in [3.8, 4) is 0 Å². The number of aliphatic hydroxyl groups is 1. The van der Waals surface area contributed by atoms with Crippen LogP contribution in [-0.4, -0.2) is 72.6 Å². The Bertz CT molecular complexity index is 1040. The summed E-state index contributed by atoms with van der Waals surface area (Å²) >= 11 is 1.31. The molecule has 0 aromatic rings. The quantitative estimate of drug-likeness (QED) is 0.469. The van der Waals surface area contributed by atoms with E-state index in [2.05, 4.69) is 13.8 Å². The molecule has 3 saturated carbocycles. The molecule has 0 aliphatic heterocycles. The van der Waals surface area contributed by atoms with Crippen molar-refractivity contribution >= 4 is 35.3 Å². The Hall–Kier alpha value is -1.97. The van der Waals surface area contributed by atoms with Crippen LogP contribution in [0.1, 0.15) is 46.5 Å². The average Bonchev–Trinajstić information content (AvgIpc) is 3.11. The Morgan fingerprint density at radius 1 is 1.19 bits per heavy atom. The van der Waals surface area contributed by atoms with E-state index in [9.17, 15) is 24.3 Å². The molecule has 9 heteroatoms. The molecule has 4 rings (SSSR count). The van der Waals surface area contributed by atoms with Gasteiger partial charge >= 0.3 is 11.9 Å². The molecule has 37 heavy (non-hydrogen) atoms. The van der Waals surface area contributed by atoms with E-state index < -0.39 is 46.9 Å². The van der Waals surface area contributed by atoms with Gasteiger partial charge in [0.2, 0.25) is 5.78 Å². The number of ketones is 2. The third-order valence-electron chi connectivity index (χ3n) is 9.56. The molecule has 0 unspecified atom stereocenters. The number of carbonyl (C=O) groups is 4. The van der Waals surface area contributed by atoms with Crippen molar-refractivity contribution in [3.05, 3.63) is 23.8 Å². The highest BCUT2D eigenvalue weighted by atomic mass is 32.2. The Morgan fingerprint density at radius 2 is 1.92 bits per heavy atom. The number of ether oxygens (including phenoxy) is 3. The van der Waals surface area contributed by atoms with Gasteiger partial charge in [0.25, 0.3) is 0 Å². The van der Waals surface area contributed by atoms with Gasteiger partial charge in [-0.2, -0.15) is 11.8 Å². The molecule has 3 fully saturated rings. The lowest BCUT2D eigenvalue weighted by Gasteiger charge is -2.61. The fraction of sp³-hybridized carbons (Fsp3) is 0.714. The number of rotatable bonds is 8. The van der Waals surface area contributed by atoms with Crippen LogP contribution in [0.15, 0.2) is 23.8 Å². The maximum atomic E-state index is 13.8. The summed E-state index contributed by atoms with van der Waals surface area (Å²) in [7, 11) is 1.36. The predicted octanol–water partition coefficient (Wildman–Crippen LogP) is 2.91. The topological polar surface area (TPSA) is 116 Å². The summed E-state index contributed by atoms with van der Waals surface area (Å²) in [6.45, 7) is 5.36. The molecule has 0 bridgehead atoms. The molecular weight excluding hydrogens is 496 g/mol. The third kappa shape index (κ3) is 4.51. The summed E-state index contributed by atoms with van der Waals surface area (Å²) < 4.78 is 16.0. The maximum Gasteiger partial charge on any atom is 0.332 e. The van der Waals surface area contributed by atoms with Crippen LogP contribution in [-0.2, 0) is 33.4 Å². The van der Waals surface area contributed by atoms with Crippen molar-refractivity contribution in [1.82, 2.24) is 0 Å². The molecular formula is C28H38O8S. The monoisotopic (exact) mass is 534 g/mol. The van der Waals surface area contributed by atoms with Gasteiger partial charge in [-0.15, -0.1) is 0 Å². The number of hydrogen-bond acceptors (Lipinski definition) is 9. The molecule has 4 aliphatic rings. The number of hydrogen-bond donors (Lipinski definition) is 1. The van der Waals surface area contributed by atoms with E-state index in [4.69, 9.17) is 14.2 Å². The lowest BCUT2D eigenvalue weighted by molar-refractivity contribution is -0.200. The summed E-state index contributed by atoms with van der Waals surface area (Å²) in [5, 5.41) is 11.7. The number of fused-ring (bicyclic) bond motifs is 5. The van der Waals surface area contributed by atoms with E-state index in [1.807, 2.05) is 13.0 Å². The second-order valence-corrected chi connectivity index (χ2v) is 12.4. The minimum absolute atomic E-state index is 0.00783. The zero-order valence-corrected chi connectivity index (χ0v) is 23.1. The van der Waals surface area contributed by atoms with Crippen LogP contribution in [0.5, 0.6) is 0 Å². The Labute approximate surface area is 222 Å². The van der Waals surface area contributed by atoms with Gasteiger partial charge in [-0.25, -0.2) is 4.79 Å². The first-order chi connectivity index (χ1) is 17.4. The first-order valence-corrected chi connectivity index (χ1v) is 14.3. The van der Waals surface area contributed by atoms with Crippen molar-refractivity contribution in [3.63, 3.8) is 0 Å². The molecule has 0 heterocycles. The van der Waals surface area contributed by atoms with Gasteiger partial charge in [-0.05, 0) is 61.8 Å². The predicted molar refractivity (Wildman–Crippen MR) is 138 cm³/mol. The van der Waals surface area contributed by atoms with Crippen LogP contribution < -0.4 is 0 Å². The third-order valence-corrected chi connectivity index (χ3v) is 10.1. The minimum atomic E-state index is -1.50. The number of allylic oxidation sites excluding steroid dienone is 4. The van der Waals surface area contributed by atoms with Crippen LogP contribution in [0.2, 0.25) is 0 Å². The molecule has 1 N–H and O–H groups in total. The Morgan fingerprint density at radius 3 is 2.59 bits per heavy atom. The van der Waals surface area contributed by atoms with Gasteiger partial charge in [0.1, 0.15) is 6.61 Å². The molecule has 0 radical (unpaired) electrons. The van der Waals surface area contributed by atoms with E-state index in [0.29, 0.717) is 12.8 Å². The summed E-state index contributed by atoms with van der Waals surface area (Å²) in [6.07, 6.45) is 8.29. The number of esters is 2. The maximum absolute atomic E-state index is 13.8. The zero-order valence-electron chi connectivity index (χ0n) is 22.3. The average molecular weight is 535 g/mol. The first kappa shape index (κ1) is 28.0.